The van der Waals surface area contributed by atoms with Gasteiger partial charge in [0.05, 0.1) is 10.7 Å². The van der Waals surface area contributed by atoms with Gasteiger partial charge in [0.15, 0.2) is 0 Å². The lowest BCUT2D eigenvalue weighted by Gasteiger charge is -2.33. The second kappa shape index (κ2) is 5.80. The second-order valence-corrected chi connectivity index (χ2v) is 4.94. The maximum atomic E-state index is 4.50. The van der Waals surface area contributed by atoms with Gasteiger partial charge < -0.3 is 5.32 Å². The maximum absolute atomic E-state index is 4.50. The number of halogens is 1. The molecule has 3 nitrogen and oxygen atoms in total. The second-order valence-electron chi connectivity index (χ2n) is 3.88. The van der Waals surface area contributed by atoms with Gasteiger partial charge in [-0.1, -0.05) is 0 Å². The van der Waals surface area contributed by atoms with Crippen molar-refractivity contribution in [2.45, 2.75) is 26.4 Å². The number of rotatable bonds is 2. The van der Waals surface area contributed by atoms with Gasteiger partial charge in [0.2, 0.25) is 0 Å². The third-order valence-corrected chi connectivity index (χ3v) is 3.49. The first-order chi connectivity index (χ1) is 6.75. The number of hydrogen-bond acceptors (Lipinski definition) is 4. The largest absolute Gasteiger partial charge is 0.314 e. The van der Waals surface area contributed by atoms with E-state index in [1.165, 1.54) is 10.7 Å². The summed E-state index contributed by atoms with van der Waals surface area (Å²) in [7, 11) is 0. The van der Waals surface area contributed by atoms with Gasteiger partial charge in [-0.05, 0) is 13.8 Å². The fourth-order valence-corrected chi connectivity index (χ4v) is 2.41. The minimum absolute atomic E-state index is 0. The van der Waals surface area contributed by atoms with E-state index in [4.69, 9.17) is 0 Å². The zero-order chi connectivity index (χ0) is 9.97. The van der Waals surface area contributed by atoms with Crippen LogP contribution in [0.15, 0.2) is 5.38 Å². The molecule has 2 heterocycles. The van der Waals surface area contributed by atoms with Gasteiger partial charge in [-0.15, -0.1) is 23.7 Å². The fourth-order valence-electron chi connectivity index (χ4n) is 1.81. The summed E-state index contributed by atoms with van der Waals surface area (Å²) >= 11 is 1.74. The van der Waals surface area contributed by atoms with Crippen molar-refractivity contribution < 1.29 is 0 Å². The highest BCUT2D eigenvalue weighted by molar-refractivity contribution is 7.09. The molecular weight excluding hydrogens is 230 g/mol. The Hall–Kier alpha value is -0.160. The number of nitrogens with one attached hydrogen (secondary N) is 1. The van der Waals surface area contributed by atoms with E-state index >= 15 is 0 Å². The van der Waals surface area contributed by atoms with E-state index < -0.39 is 0 Å². The molecule has 1 fully saturated rings. The van der Waals surface area contributed by atoms with Crippen LogP contribution in [0.1, 0.15) is 17.6 Å². The van der Waals surface area contributed by atoms with Gasteiger partial charge in [-0.3, -0.25) is 4.90 Å². The molecule has 1 aromatic rings. The van der Waals surface area contributed by atoms with Crippen LogP contribution >= 0.6 is 23.7 Å². The van der Waals surface area contributed by atoms with Crippen molar-refractivity contribution in [1.82, 2.24) is 15.2 Å². The summed E-state index contributed by atoms with van der Waals surface area (Å²) in [6, 6.07) is 0.630. The van der Waals surface area contributed by atoms with Gasteiger partial charge in [0, 0.05) is 37.6 Å². The molecule has 1 saturated heterocycles. The molecule has 0 saturated carbocycles. The third kappa shape index (κ3) is 3.41. The lowest BCUT2D eigenvalue weighted by Crippen LogP contribution is -2.49. The summed E-state index contributed by atoms with van der Waals surface area (Å²) in [5, 5.41) is 6.74. The number of nitrogens with zero attached hydrogens (tertiary/aromatic N) is 2. The first kappa shape index (κ1) is 12.9. The van der Waals surface area contributed by atoms with Gasteiger partial charge >= 0.3 is 0 Å². The number of hydrogen-bond donors (Lipinski definition) is 1. The highest BCUT2D eigenvalue weighted by atomic mass is 35.5. The Kier molecular flexibility index (Phi) is 4.99. The Labute approximate surface area is 101 Å². The van der Waals surface area contributed by atoms with Gasteiger partial charge in [-0.2, -0.15) is 0 Å². The quantitative estimate of drug-likeness (QED) is 0.862. The molecule has 0 bridgehead atoms. The Morgan fingerprint density at radius 1 is 1.67 bits per heavy atom. The van der Waals surface area contributed by atoms with Gasteiger partial charge in [0.1, 0.15) is 0 Å². The third-order valence-electron chi connectivity index (χ3n) is 2.67. The van der Waals surface area contributed by atoms with Crippen LogP contribution in [-0.2, 0) is 6.54 Å². The molecule has 0 unspecified atom stereocenters. The molecule has 0 aromatic carbocycles. The number of piperazine rings is 1. The van der Waals surface area contributed by atoms with Crippen LogP contribution in [-0.4, -0.2) is 35.6 Å². The molecule has 2 rings (SSSR count). The topological polar surface area (TPSA) is 28.2 Å². The van der Waals surface area contributed by atoms with Crippen LogP contribution in [0.25, 0.3) is 0 Å². The minimum Gasteiger partial charge on any atom is -0.314 e. The van der Waals surface area contributed by atoms with Crippen molar-refractivity contribution in [3.63, 3.8) is 0 Å². The summed E-state index contributed by atoms with van der Waals surface area (Å²) in [6.45, 7) is 8.68. The monoisotopic (exact) mass is 247 g/mol. The normalized spacial score (nSPS) is 22.4. The zero-order valence-corrected chi connectivity index (χ0v) is 10.8. The van der Waals surface area contributed by atoms with Crippen molar-refractivity contribution >= 4 is 23.7 Å². The van der Waals surface area contributed by atoms with Crippen molar-refractivity contribution in [2.75, 3.05) is 19.6 Å². The Morgan fingerprint density at radius 3 is 3.07 bits per heavy atom. The van der Waals surface area contributed by atoms with E-state index in [1.807, 2.05) is 0 Å². The molecule has 1 atom stereocenters. The summed E-state index contributed by atoms with van der Waals surface area (Å²) in [5.41, 5.74) is 1.22. The summed E-state index contributed by atoms with van der Waals surface area (Å²) in [6.07, 6.45) is 0. The zero-order valence-electron chi connectivity index (χ0n) is 9.19. The Morgan fingerprint density at radius 2 is 2.47 bits per heavy atom. The predicted octanol–water partition coefficient (Wildman–Crippen LogP) is 1.67. The first-order valence-electron chi connectivity index (χ1n) is 5.11. The van der Waals surface area contributed by atoms with Crippen molar-refractivity contribution in [1.29, 1.82) is 0 Å². The van der Waals surface area contributed by atoms with Crippen LogP contribution in [0.4, 0.5) is 0 Å². The molecule has 5 heteroatoms. The molecule has 1 aromatic heterocycles. The van der Waals surface area contributed by atoms with Crippen LogP contribution in [0, 0.1) is 6.92 Å². The van der Waals surface area contributed by atoms with E-state index in [1.54, 1.807) is 11.3 Å². The van der Waals surface area contributed by atoms with E-state index in [0.29, 0.717) is 6.04 Å². The van der Waals surface area contributed by atoms with E-state index in [9.17, 15) is 0 Å². The fraction of sp³-hybridized carbons (Fsp3) is 0.700. The molecular formula is C10H18ClN3S. The van der Waals surface area contributed by atoms with Crippen LogP contribution in [0.2, 0.25) is 0 Å². The average Bonchev–Trinajstić information content (AvgIpc) is 2.56. The van der Waals surface area contributed by atoms with Crippen LogP contribution in [0.5, 0.6) is 0 Å². The molecule has 0 radical (unpaired) electrons. The standard InChI is InChI=1S/C10H17N3S.ClH/c1-8-5-11-3-4-13(8)6-10-7-14-9(2)12-10;/h7-8,11H,3-6H2,1-2H3;1H/t8-;/m0./s1. The first-order valence-corrected chi connectivity index (χ1v) is 5.99. The predicted molar refractivity (Wildman–Crippen MR) is 66.8 cm³/mol. The highest BCUT2D eigenvalue weighted by Crippen LogP contribution is 2.12. The number of thiazole rings is 1. The van der Waals surface area contributed by atoms with Crippen molar-refractivity contribution in [2.24, 2.45) is 0 Å². The van der Waals surface area contributed by atoms with Crippen molar-refractivity contribution in [3.05, 3.63) is 16.1 Å². The molecule has 1 N–H and O–H groups in total. The van der Waals surface area contributed by atoms with E-state index in [2.05, 4.69) is 34.4 Å². The molecule has 0 aliphatic carbocycles. The Balaban J connectivity index is 0.00000112. The van der Waals surface area contributed by atoms with E-state index in [0.717, 1.165) is 26.2 Å². The molecule has 1 aliphatic heterocycles. The van der Waals surface area contributed by atoms with Crippen molar-refractivity contribution in [3.8, 4) is 0 Å². The maximum Gasteiger partial charge on any atom is 0.0897 e. The number of aryl methyl sites for hydroxylation is 1. The molecule has 0 spiro atoms. The van der Waals surface area contributed by atoms with E-state index in [-0.39, 0.29) is 12.4 Å². The average molecular weight is 248 g/mol. The lowest BCUT2D eigenvalue weighted by molar-refractivity contribution is 0.164. The van der Waals surface area contributed by atoms with Gasteiger partial charge in [-0.25, -0.2) is 4.98 Å². The van der Waals surface area contributed by atoms with Gasteiger partial charge in [0.25, 0.3) is 0 Å². The Bertz CT molecular complexity index is 303. The SMILES string of the molecule is Cc1nc(CN2CCNC[C@@H]2C)cs1.Cl. The summed E-state index contributed by atoms with van der Waals surface area (Å²) in [4.78, 5) is 6.99. The summed E-state index contributed by atoms with van der Waals surface area (Å²) in [5.74, 6) is 0. The number of aromatic nitrogens is 1. The smallest absolute Gasteiger partial charge is 0.0897 e. The molecule has 1 aliphatic rings. The minimum atomic E-state index is 0. The van der Waals surface area contributed by atoms with Crippen LogP contribution < -0.4 is 5.32 Å². The molecule has 0 amide bonds. The van der Waals surface area contributed by atoms with Crippen LogP contribution in [0.3, 0.4) is 0 Å². The lowest BCUT2D eigenvalue weighted by atomic mass is 10.2. The highest BCUT2D eigenvalue weighted by Gasteiger charge is 2.18. The molecule has 15 heavy (non-hydrogen) atoms. The summed E-state index contributed by atoms with van der Waals surface area (Å²) < 4.78 is 0. The molecule has 86 valence electrons.